The van der Waals surface area contributed by atoms with E-state index in [1.807, 2.05) is 25.1 Å². The van der Waals surface area contributed by atoms with Gasteiger partial charge in [0.1, 0.15) is 13.2 Å². The Labute approximate surface area is 130 Å². The number of carbonyl (C=O) groups excluding carboxylic acids is 1. The number of rotatable bonds is 4. The highest BCUT2D eigenvalue weighted by Crippen LogP contribution is 2.30. The van der Waals surface area contributed by atoms with Crippen LogP contribution in [-0.2, 0) is 11.3 Å². The Morgan fingerprint density at radius 2 is 2.09 bits per heavy atom. The van der Waals surface area contributed by atoms with Crippen LogP contribution in [0.5, 0.6) is 11.5 Å². The molecule has 2 N–H and O–H groups in total. The second kappa shape index (κ2) is 6.87. The molecular formula is C16H22N2O4. The van der Waals surface area contributed by atoms with Gasteiger partial charge in [-0.1, -0.05) is 6.07 Å². The van der Waals surface area contributed by atoms with Crippen LogP contribution in [0.15, 0.2) is 18.2 Å². The first-order valence-corrected chi connectivity index (χ1v) is 7.77. The number of fused-ring (bicyclic) bond motifs is 1. The lowest BCUT2D eigenvalue weighted by molar-refractivity contribution is 0.0860. The summed E-state index contributed by atoms with van der Waals surface area (Å²) in [5.41, 5.74) is 0.976. The summed E-state index contributed by atoms with van der Waals surface area (Å²) < 4.78 is 16.6. The SMILES string of the molecule is C[C@H](NC(=O)NCc1ccc2c(c1)OCCO2)[C@@H]1CCCO1. The summed E-state index contributed by atoms with van der Waals surface area (Å²) in [4.78, 5) is 11.9. The molecule has 2 aliphatic heterocycles. The van der Waals surface area contributed by atoms with Gasteiger partial charge in [-0.2, -0.15) is 0 Å². The van der Waals surface area contributed by atoms with E-state index in [0.29, 0.717) is 19.8 Å². The van der Waals surface area contributed by atoms with Crippen LogP contribution in [0.1, 0.15) is 25.3 Å². The van der Waals surface area contributed by atoms with Crippen molar-refractivity contribution in [2.75, 3.05) is 19.8 Å². The molecule has 1 fully saturated rings. The Morgan fingerprint density at radius 3 is 2.86 bits per heavy atom. The molecular weight excluding hydrogens is 284 g/mol. The molecule has 22 heavy (non-hydrogen) atoms. The minimum absolute atomic E-state index is 0.0165. The number of ether oxygens (including phenoxy) is 3. The fraction of sp³-hybridized carbons (Fsp3) is 0.562. The van der Waals surface area contributed by atoms with E-state index in [1.165, 1.54) is 0 Å². The van der Waals surface area contributed by atoms with Crippen molar-refractivity contribution in [3.05, 3.63) is 23.8 Å². The monoisotopic (exact) mass is 306 g/mol. The van der Waals surface area contributed by atoms with E-state index in [1.54, 1.807) is 0 Å². The third kappa shape index (κ3) is 3.62. The van der Waals surface area contributed by atoms with E-state index in [2.05, 4.69) is 10.6 Å². The zero-order valence-electron chi connectivity index (χ0n) is 12.8. The molecule has 0 unspecified atom stereocenters. The van der Waals surface area contributed by atoms with Gasteiger partial charge in [-0.3, -0.25) is 0 Å². The lowest BCUT2D eigenvalue weighted by Crippen LogP contribution is -2.45. The summed E-state index contributed by atoms with van der Waals surface area (Å²) >= 11 is 0. The van der Waals surface area contributed by atoms with Gasteiger partial charge in [0.2, 0.25) is 0 Å². The normalized spacial score (nSPS) is 21.2. The van der Waals surface area contributed by atoms with Crippen LogP contribution in [0.4, 0.5) is 4.79 Å². The molecule has 0 aromatic heterocycles. The molecule has 0 spiro atoms. The predicted molar refractivity (Wildman–Crippen MR) is 81.2 cm³/mol. The van der Waals surface area contributed by atoms with Crippen molar-refractivity contribution >= 4 is 6.03 Å². The van der Waals surface area contributed by atoms with Gasteiger partial charge >= 0.3 is 6.03 Å². The molecule has 0 radical (unpaired) electrons. The quantitative estimate of drug-likeness (QED) is 0.890. The number of urea groups is 1. The highest BCUT2D eigenvalue weighted by atomic mass is 16.6. The van der Waals surface area contributed by atoms with Crippen molar-refractivity contribution < 1.29 is 19.0 Å². The van der Waals surface area contributed by atoms with Gasteiger partial charge < -0.3 is 24.8 Å². The smallest absolute Gasteiger partial charge is 0.315 e. The molecule has 3 rings (SSSR count). The Bertz CT molecular complexity index is 529. The number of benzene rings is 1. The standard InChI is InChI=1S/C16H22N2O4/c1-11(13-3-2-6-20-13)18-16(19)17-10-12-4-5-14-15(9-12)22-8-7-21-14/h4-5,9,11,13H,2-3,6-8,10H2,1H3,(H2,17,18,19)/t11-,13-/m0/s1. The summed E-state index contributed by atoms with van der Waals surface area (Å²) in [6, 6.07) is 5.54. The largest absolute Gasteiger partial charge is 0.486 e. The lowest BCUT2D eigenvalue weighted by atomic mass is 10.1. The molecule has 1 aromatic carbocycles. The molecule has 2 heterocycles. The van der Waals surface area contributed by atoms with Crippen LogP contribution in [0.25, 0.3) is 0 Å². The molecule has 120 valence electrons. The number of nitrogens with one attached hydrogen (secondary N) is 2. The fourth-order valence-electron chi connectivity index (χ4n) is 2.73. The number of carbonyl (C=O) groups is 1. The van der Waals surface area contributed by atoms with Gasteiger partial charge in [0.25, 0.3) is 0 Å². The molecule has 0 bridgehead atoms. The van der Waals surface area contributed by atoms with E-state index in [0.717, 1.165) is 36.5 Å². The van der Waals surface area contributed by atoms with Gasteiger partial charge in [-0.05, 0) is 37.5 Å². The first-order valence-electron chi connectivity index (χ1n) is 7.77. The van der Waals surface area contributed by atoms with Crippen LogP contribution in [-0.4, -0.2) is 38.0 Å². The van der Waals surface area contributed by atoms with Gasteiger partial charge in [-0.25, -0.2) is 4.79 Å². The Morgan fingerprint density at radius 1 is 1.27 bits per heavy atom. The topological polar surface area (TPSA) is 68.8 Å². The first kappa shape index (κ1) is 15.0. The third-order valence-corrected chi connectivity index (χ3v) is 3.94. The second-order valence-corrected chi connectivity index (χ2v) is 5.65. The molecule has 2 aliphatic rings. The minimum atomic E-state index is -0.183. The van der Waals surface area contributed by atoms with Crippen LogP contribution in [0.3, 0.4) is 0 Å². The van der Waals surface area contributed by atoms with Crippen LogP contribution in [0.2, 0.25) is 0 Å². The minimum Gasteiger partial charge on any atom is -0.486 e. The van der Waals surface area contributed by atoms with Gasteiger partial charge in [0.05, 0.1) is 12.1 Å². The molecule has 1 saturated heterocycles. The third-order valence-electron chi connectivity index (χ3n) is 3.94. The maximum Gasteiger partial charge on any atom is 0.315 e. The van der Waals surface area contributed by atoms with Crippen LogP contribution in [0, 0.1) is 0 Å². The summed E-state index contributed by atoms with van der Waals surface area (Å²) in [7, 11) is 0. The van der Waals surface area contributed by atoms with Crippen molar-refractivity contribution in [1.82, 2.24) is 10.6 Å². The van der Waals surface area contributed by atoms with E-state index in [4.69, 9.17) is 14.2 Å². The fourth-order valence-corrected chi connectivity index (χ4v) is 2.73. The Hall–Kier alpha value is -1.95. The maximum absolute atomic E-state index is 11.9. The van der Waals surface area contributed by atoms with E-state index < -0.39 is 0 Å². The van der Waals surface area contributed by atoms with Crippen molar-refractivity contribution in [3.63, 3.8) is 0 Å². The van der Waals surface area contributed by atoms with Gasteiger partial charge in [0.15, 0.2) is 11.5 Å². The van der Waals surface area contributed by atoms with Gasteiger partial charge in [0, 0.05) is 13.2 Å². The predicted octanol–water partition coefficient (Wildman–Crippen LogP) is 1.82. The maximum atomic E-state index is 11.9. The molecule has 6 heteroatoms. The molecule has 0 saturated carbocycles. The number of hydrogen-bond acceptors (Lipinski definition) is 4. The van der Waals surface area contributed by atoms with E-state index >= 15 is 0 Å². The van der Waals surface area contributed by atoms with Crippen molar-refractivity contribution in [3.8, 4) is 11.5 Å². The molecule has 2 atom stereocenters. The Balaban J connectivity index is 1.48. The van der Waals surface area contributed by atoms with Crippen LogP contribution < -0.4 is 20.1 Å². The zero-order chi connectivity index (χ0) is 15.4. The van der Waals surface area contributed by atoms with Crippen LogP contribution >= 0.6 is 0 Å². The summed E-state index contributed by atoms with van der Waals surface area (Å²) in [5.74, 6) is 1.49. The van der Waals surface area contributed by atoms with Gasteiger partial charge in [-0.15, -0.1) is 0 Å². The Kier molecular flexibility index (Phi) is 4.68. The number of amides is 2. The second-order valence-electron chi connectivity index (χ2n) is 5.65. The molecule has 1 aromatic rings. The molecule has 0 aliphatic carbocycles. The van der Waals surface area contributed by atoms with Crippen molar-refractivity contribution in [1.29, 1.82) is 0 Å². The first-order chi connectivity index (χ1) is 10.7. The highest BCUT2D eigenvalue weighted by molar-refractivity contribution is 5.74. The summed E-state index contributed by atoms with van der Waals surface area (Å²) in [6.45, 7) is 4.34. The average molecular weight is 306 g/mol. The van der Waals surface area contributed by atoms with Crippen molar-refractivity contribution in [2.24, 2.45) is 0 Å². The lowest BCUT2D eigenvalue weighted by Gasteiger charge is -2.21. The highest BCUT2D eigenvalue weighted by Gasteiger charge is 2.23. The summed E-state index contributed by atoms with van der Waals surface area (Å²) in [5, 5.41) is 5.78. The summed E-state index contributed by atoms with van der Waals surface area (Å²) in [6.07, 6.45) is 2.19. The molecule has 2 amide bonds. The van der Waals surface area contributed by atoms with E-state index in [9.17, 15) is 4.79 Å². The average Bonchev–Trinajstić information content (AvgIpc) is 3.07. The van der Waals surface area contributed by atoms with Crippen molar-refractivity contribution in [2.45, 2.75) is 38.5 Å². The molecule has 6 nitrogen and oxygen atoms in total. The number of hydrogen-bond donors (Lipinski definition) is 2. The zero-order valence-corrected chi connectivity index (χ0v) is 12.8. The van der Waals surface area contributed by atoms with E-state index in [-0.39, 0.29) is 18.2 Å².